The second kappa shape index (κ2) is 9.85. The van der Waals surface area contributed by atoms with Gasteiger partial charge in [-0.3, -0.25) is 4.79 Å². The number of nitrogens with one attached hydrogen (secondary N) is 1. The summed E-state index contributed by atoms with van der Waals surface area (Å²) in [7, 11) is -2.05. The first-order valence-electron chi connectivity index (χ1n) is 10.5. The molecule has 1 saturated carbocycles. The van der Waals surface area contributed by atoms with Gasteiger partial charge < -0.3 is 9.64 Å². The van der Waals surface area contributed by atoms with Crippen LogP contribution in [0, 0.1) is 5.92 Å². The van der Waals surface area contributed by atoms with Crippen LogP contribution in [0.1, 0.15) is 33.6 Å². The lowest BCUT2D eigenvalue weighted by Gasteiger charge is -2.23. The van der Waals surface area contributed by atoms with Crippen LogP contribution in [0.3, 0.4) is 0 Å². The maximum atomic E-state index is 13.5. The molecule has 0 bridgehead atoms. The molecular formula is C24H26N2O4S2. The van der Waals surface area contributed by atoms with Crippen molar-refractivity contribution in [1.29, 1.82) is 0 Å². The van der Waals surface area contributed by atoms with Gasteiger partial charge in [0, 0.05) is 22.5 Å². The number of thiophene rings is 1. The molecule has 0 saturated heterocycles. The highest BCUT2D eigenvalue weighted by Crippen LogP contribution is 2.28. The molecule has 4 rings (SSSR count). The molecule has 1 aromatic heterocycles. The zero-order chi connectivity index (χ0) is 22.6. The highest BCUT2D eigenvalue weighted by atomic mass is 32.2. The molecule has 168 valence electrons. The Hall–Kier alpha value is -2.68. The van der Waals surface area contributed by atoms with E-state index in [0.717, 1.165) is 23.3 Å². The van der Waals surface area contributed by atoms with Gasteiger partial charge in [-0.2, -0.15) is 0 Å². The highest BCUT2D eigenvalue weighted by Gasteiger charge is 2.25. The van der Waals surface area contributed by atoms with Crippen LogP contribution in [-0.4, -0.2) is 32.9 Å². The standard InChI is InChI=1S/C24H26N2O4S2/c1-30-23-10-3-2-6-20(23)16-26(17-21-8-5-13-31-21)24(27)19-7-4-9-22(14-19)32(28,29)25-15-18-11-12-18/h2-10,13-14,18,25H,11-12,15-17H2,1H3. The minimum absolute atomic E-state index is 0.109. The molecule has 0 spiro atoms. The predicted octanol–water partition coefficient (Wildman–Crippen LogP) is 4.29. The van der Waals surface area contributed by atoms with Gasteiger partial charge in [-0.25, -0.2) is 13.1 Å². The topological polar surface area (TPSA) is 75.7 Å². The maximum Gasteiger partial charge on any atom is 0.254 e. The van der Waals surface area contributed by atoms with Crippen molar-refractivity contribution in [2.75, 3.05) is 13.7 Å². The Morgan fingerprint density at radius 2 is 1.91 bits per heavy atom. The van der Waals surface area contributed by atoms with Crippen LogP contribution < -0.4 is 9.46 Å². The second-order valence-electron chi connectivity index (χ2n) is 7.88. The minimum atomic E-state index is -3.66. The molecule has 32 heavy (non-hydrogen) atoms. The van der Waals surface area contributed by atoms with Crippen molar-refractivity contribution in [2.45, 2.75) is 30.8 Å². The largest absolute Gasteiger partial charge is 0.496 e. The molecule has 1 aliphatic rings. The number of hydrogen-bond donors (Lipinski definition) is 1. The number of hydrogen-bond acceptors (Lipinski definition) is 5. The number of nitrogens with zero attached hydrogens (tertiary/aromatic N) is 1. The molecule has 3 aromatic rings. The number of sulfonamides is 1. The molecule has 1 fully saturated rings. The Balaban J connectivity index is 1.60. The van der Waals surface area contributed by atoms with Crippen LogP contribution >= 0.6 is 11.3 Å². The van der Waals surface area contributed by atoms with Crippen molar-refractivity contribution in [2.24, 2.45) is 5.92 Å². The van der Waals surface area contributed by atoms with Gasteiger partial charge in [0.1, 0.15) is 5.75 Å². The Morgan fingerprint density at radius 1 is 1.09 bits per heavy atom. The molecule has 1 N–H and O–H groups in total. The van der Waals surface area contributed by atoms with Gasteiger partial charge in [0.05, 0.1) is 25.1 Å². The van der Waals surface area contributed by atoms with Crippen LogP contribution in [0.5, 0.6) is 5.75 Å². The Labute approximate surface area is 192 Å². The maximum absolute atomic E-state index is 13.5. The monoisotopic (exact) mass is 470 g/mol. The van der Waals surface area contributed by atoms with Crippen LogP contribution in [0.2, 0.25) is 0 Å². The van der Waals surface area contributed by atoms with Crippen molar-refractivity contribution in [1.82, 2.24) is 9.62 Å². The fraction of sp³-hybridized carbons (Fsp3) is 0.292. The molecule has 8 heteroatoms. The van der Waals surface area contributed by atoms with Crippen molar-refractivity contribution >= 4 is 27.3 Å². The summed E-state index contributed by atoms with van der Waals surface area (Å²) in [4.78, 5) is 16.4. The third-order valence-electron chi connectivity index (χ3n) is 5.42. The van der Waals surface area contributed by atoms with Gasteiger partial charge >= 0.3 is 0 Å². The van der Waals surface area contributed by atoms with Gasteiger partial charge in [-0.15, -0.1) is 11.3 Å². The zero-order valence-electron chi connectivity index (χ0n) is 17.9. The number of carbonyl (C=O) groups excluding carboxylic acids is 1. The van der Waals surface area contributed by atoms with E-state index in [-0.39, 0.29) is 10.8 Å². The summed E-state index contributed by atoms with van der Waals surface area (Å²) in [5.41, 5.74) is 1.22. The number of benzene rings is 2. The van der Waals surface area contributed by atoms with E-state index in [1.807, 2.05) is 41.8 Å². The smallest absolute Gasteiger partial charge is 0.254 e. The fourth-order valence-electron chi connectivity index (χ4n) is 3.44. The molecule has 1 heterocycles. The van der Waals surface area contributed by atoms with E-state index in [1.165, 1.54) is 12.1 Å². The molecule has 1 aliphatic carbocycles. The lowest BCUT2D eigenvalue weighted by molar-refractivity contribution is 0.0730. The van der Waals surface area contributed by atoms with Crippen LogP contribution in [-0.2, 0) is 23.1 Å². The first-order valence-corrected chi connectivity index (χ1v) is 12.9. The van der Waals surface area contributed by atoms with Gasteiger partial charge in [0.2, 0.25) is 10.0 Å². The van der Waals surface area contributed by atoms with Crippen LogP contribution in [0.25, 0.3) is 0 Å². The second-order valence-corrected chi connectivity index (χ2v) is 10.7. The lowest BCUT2D eigenvalue weighted by atomic mass is 10.1. The highest BCUT2D eigenvalue weighted by molar-refractivity contribution is 7.89. The molecule has 0 atom stereocenters. The number of methoxy groups -OCH3 is 1. The number of para-hydroxylation sites is 1. The SMILES string of the molecule is COc1ccccc1CN(Cc1cccs1)C(=O)c1cccc(S(=O)(=O)NCC2CC2)c1. The first kappa shape index (κ1) is 22.5. The summed E-state index contributed by atoms with van der Waals surface area (Å²) in [6.07, 6.45) is 2.11. The summed E-state index contributed by atoms with van der Waals surface area (Å²) in [6.45, 7) is 1.21. The number of amides is 1. The molecule has 6 nitrogen and oxygen atoms in total. The van der Waals surface area contributed by atoms with E-state index in [9.17, 15) is 13.2 Å². The van der Waals surface area contributed by atoms with E-state index in [4.69, 9.17) is 4.74 Å². The van der Waals surface area contributed by atoms with E-state index in [1.54, 1.807) is 35.5 Å². The summed E-state index contributed by atoms with van der Waals surface area (Å²) in [5.74, 6) is 0.900. The number of carbonyl (C=O) groups is 1. The quantitative estimate of drug-likeness (QED) is 0.480. The van der Waals surface area contributed by atoms with Crippen molar-refractivity contribution in [3.8, 4) is 5.75 Å². The van der Waals surface area contributed by atoms with E-state index < -0.39 is 10.0 Å². The Kier molecular flexibility index (Phi) is 6.93. The molecule has 0 aliphatic heterocycles. The van der Waals surface area contributed by atoms with E-state index in [2.05, 4.69) is 4.72 Å². The van der Waals surface area contributed by atoms with Gasteiger partial charge in [0.15, 0.2) is 0 Å². The van der Waals surface area contributed by atoms with E-state index >= 15 is 0 Å². The van der Waals surface area contributed by atoms with Gasteiger partial charge in [-0.1, -0.05) is 30.3 Å². The third kappa shape index (κ3) is 5.56. The van der Waals surface area contributed by atoms with Gasteiger partial charge in [0.25, 0.3) is 5.91 Å². The summed E-state index contributed by atoms with van der Waals surface area (Å²) < 4.78 is 33.5. The lowest BCUT2D eigenvalue weighted by Crippen LogP contribution is -2.30. The third-order valence-corrected chi connectivity index (χ3v) is 7.70. The first-order chi connectivity index (χ1) is 15.5. The molecular weight excluding hydrogens is 444 g/mol. The molecule has 0 radical (unpaired) electrons. The average molecular weight is 471 g/mol. The van der Waals surface area contributed by atoms with Crippen molar-refractivity contribution in [3.63, 3.8) is 0 Å². The summed E-state index contributed by atoms with van der Waals surface area (Å²) in [6, 6.07) is 17.8. The van der Waals surface area contributed by atoms with Gasteiger partial charge in [-0.05, 0) is 54.5 Å². The molecule has 2 aromatic carbocycles. The Morgan fingerprint density at radius 3 is 2.62 bits per heavy atom. The fourth-order valence-corrected chi connectivity index (χ4v) is 5.32. The minimum Gasteiger partial charge on any atom is -0.496 e. The molecule has 0 unspecified atom stereocenters. The van der Waals surface area contributed by atoms with Crippen LogP contribution in [0.15, 0.2) is 70.9 Å². The van der Waals surface area contributed by atoms with Crippen LogP contribution in [0.4, 0.5) is 0 Å². The van der Waals surface area contributed by atoms with Crippen molar-refractivity contribution in [3.05, 3.63) is 82.0 Å². The zero-order valence-corrected chi connectivity index (χ0v) is 19.5. The summed E-state index contributed by atoms with van der Waals surface area (Å²) >= 11 is 1.58. The average Bonchev–Trinajstić information content (AvgIpc) is 3.51. The van der Waals surface area contributed by atoms with E-state index in [0.29, 0.717) is 36.9 Å². The predicted molar refractivity (Wildman–Crippen MR) is 125 cm³/mol. The number of ether oxygens (including phenoxy) is 1. The molecule has 1 amide bonds. The number of rotatable bonds is 10. The summed E-state index contributed by atoms with van der Waals surface area (Å²) in [5, 5.41) is 1.97. The van der Waals surface area contributed by atoms with Crippen molar-refractivity contribution < 1.29 is 17.9 Å². The Bertz CT molecular complexity index is 1170. The normalized spacial score (nSPS) is 13.7.